The fourth-order valence-corrected chi connectivity index (χ4v) is 3.00. The number of rotatable bonds is 2. The summed E-state index contributed by atoms with van der Waals surface area (Å²) in [5, 5.41) is 9.82. The van der Waals surface area contributed by atoms with Crippen LogP contribution in [0.4, 0.5) is 9.93 Å². The molecule has 16 heavy (non-hydrogen) atoms. The molecule has 0 atom stereocenters. The van der Waals surface area contributed by atoms with Crippen molar-refractivity contribution in [3.8, 4) is 0 Å². The van der Waals surface area contributed by atoms with Crippen molar-refractivity contribution in [1.29, 1.82) is 0 Å². The quantitative estimate of drug-likeness (QED) is 0.819. The van der Waals surface area contributed by atoms with E-state index in [1.807, 2.05) is 12.5 Å². The lowest BCUT2D eigenvalue weighted by atomic mass is 10.3. The molecule has 1 aliphatic rings. The predicted molar refractivity (Wildman–Crippen MR) is 65.7 cm³/mol. The number of carboxylic acid groups (broad SMARTS) is 1. The monoisotopic (exact) mass is 259 g/mol. The molecule has 2 heterocycles. The first-order valence-corrected chi connectivity index (χ1v) is 6.97. The Bertz CT molecular complexity index is 375. The number of aromatic nitrogens is 1. The van der Waals surface area contributed by atoms with Crippen LogP contribution < -0.4 is 4.90 Å². The molecule has 1 amide bonds. The second kappa shape index (κ2) is 4.92. The molecule has 0 bridgehead atoms. The molecule has 1 aromatic heterocycles. The van der Waals surface area contributed by atoms with Crippen LogP contribution in [-0.2, 0) is 0 Å². The summed E-state index contributed by atoms with van der Waals surface area (Å²) < 4.78 is 1.19. The summed E-state index contributed by atoms with van der Waals surface area (Å²) in [6, 6.07) is 0. The van der Waals surface area contributed by atoms with Crippen LogP contribution in [0, 0.1) is 0 Å². The van der Waals surface area contributed by atoms with Gasteiger partial charge in [0.1, 0.15) is 0 Å². The lowest BCUT2D eigenvalue weighted by molar-refractivity contribution is 0.142. The van der Waals surface area contributed by atoms with Crippen molar-refractivity contribution in [1.82, 2.24) is 9.88 Å². The number of thioether (sulfide) groups is 1. The van der Waals surface area contributed by atoms with E-state index in [0.717, 1.165) is 18.2 Å². The van der Waals surface area contributed by atoms with E-state index in [1.54, 1.807) is 23.1 Å². The van der Waals surface area contributed by atoms with Gasteiger partial charge < -0.3 is 14.9 Å². The van der Waals surface area contributed by atoms with Crippen molar-refractivity contribution < 1.29 is 9.90 Å². The van der Waals surface area contributed by atoms with Gasteiger partial charge in [0, 0.05) is 26.2 Å². The van der Waals surface area contributed by atoms with E-state index >= 15 is 0 Å². The number of anilines is 1. The molecule has 1 aromatic rings. The fourth-order valence-electron chi connectivity index (χ4n) is 1.58. The number of hydrogen-bond acceptors (Lipinski definition) is 5. The Hall–Kier alpha value is -0.950. The predicted octanol–water partition coefficient (Wildman–Crippen LogP) is 1.67. The maximum Gasteiger partial charge on any atom is 0.407 e. The van der Waals surface area contributed by atoms with Gasteiger partial charge in [0.2, 0.25) is 0 Å². The van der Waals surface area contributed by atoms with E-state index in [-0.39, 0.29) is 0 Å². The first-order valence-electron chi connectivity index (χ1n) is 4.93. The highest BCUT2D eigenvalue weighted by atomic mass is 32.2. The minimum atomic E-state index is -0.830. The Kier molecular flexibility index (Phi) is 3.55. The van der Waals surface area contributed by atoms with Crippen molar-refractivity contribution in [2.45, 2.75) is 4.21 Å². The molecule has 5 nitrogen and oxygen atoms in total. The van der Waals surface area contributed by atoms with Crippen LogP contribution in [-0.4, -0.2) is 53.5 Å². The zero-order chi connectivity index (χ0) is 11.5. The topological polar surface area (TPSA) is 56.7 Å². The molecule has 7 heteroatoms. The number of thiazole rings is 1. The van der Waals surface area contributed by atoms with E-state index in [9.17, 15) is 4.79 Å². The Balaban J connectivity index is 1.96. The highest BCUT2D eigenvalue weighted by Crippen LogP contribution is 2.29. The Morgan fingerprint density at radius 2 is 2.19 bits per heavy atom. The largest absolute Gasteiger partial charge is 0.465 e. The number of hydrogen-bond donors (Lipinski definition) is 1. The van der Waals surface area contributed by atoms with Gasteiger partial charge in [-0.15, -0.1) is 11.8 Å². The summed E-state index contributed by atoms with van der Waals surface area (Å²) in [7, 11) is 0. The minimum Gasteiger partial charge on any atom is -0.465 e. The van der Waals surface area contributed by atoms with Gasteiger partial charge in [-0.1, -0.05) is 11.3 Å². The molecular weight excluding hydrogens is 246 g/mol. The highest BCUT2D eigenvalue weighted by Gasteiger charge is 2.21. The summed E-state index contributed by atoms with van der Waals surface area (Å²) in [5.74, 6) is 0. The molecule has 1 aliphatic heterocycles. The van der Waals surface area contributed by atoms with Crippen molar-refractivity contribution >= 4 is 34.3 Å². The third-order valence-electron chi connectivity index (χ3n) is 2.49. The number of carbonyl (C=O) groups is 1. The number of piperazine rings is 1. The number of nitrogens with zero attached hydrogens (tertiary/aromatic N) is 3. The molecule has 0 spiro atoms. The SMILES string of the molecule is CSc1cnc(N2CCN(C(=O)O)CC2)s1. The first kappa shape index (κ1) is 11.5. The molecule has 88 valence electrons. The van der Waals surface area contributed by atoms with Crippen molar-refractivity contribution in [3.63, 3.8) is 0 Å². The maximum absolute atomic E-state index is 10.7. The average molecular weight is 259 g/mol. The molecule has 0 unspecified atom stereocenters. The molecule has 0 radical (unpaired) electrons. The van der Waals surface area contributed by atoms with Crippen molar-refractivity contribution in [2.75, 3.05) is 37.3 Å². The van der Waals surface area contributed by atoms with E-state index in [4.69, 9.17) is 5.11 Å². The van der Waals surface area contributed by atoms with Crippen molar-refractivity contribution in [3.05, 3.63) is 6.20 Å². The summed E-state index contributed by atoms with van der Waals surface area (Å²) in [6.07, 6.45) is 3.07. The van der Waals surface area contributed by atoms with Crippen LogP contribution in [0.3, 0.4) is 0 Å². The van der Waals surface area contributed by atoms with E-state index in [1.165, 1.54) is 9.11 Å². The van der Waals surface area contributed by atoms with Crippen LogP contribution in [0.5, 0.6) is 0 Å². The Morgan fingerprint density at radius 1 is 1.50 bits per heavy atom. The summed E-state index contributed by atoms with van der Waals surface area (Å²) in [5.41, 5.74) is 0. The van der Waals surface area contributed by atoms with Gasteiger partial charge in [-0.25, -0.2) is 9.78 Å². The van der Waals surface area contributed by atoms with Gasteiger partial charge in [0.15, 0.2) is 5.13 Å². The Labute approximate surface area is 102 Å². The zero-order valence-electron chi connectivity index (χ0n) is 8.92. The molecule has 0 aromatic carbocycles. The maximum atomic E-state index is 10.7. The third-order valence-corrected chi connectivity index (χ3v) is 4.60. The van der Waals surface area contributed by atoms with Gasteiger partial charge in [0.25, 0.3) is 0 Å². The third kappa shape index (κ3) is 2.41. The summed E-state index contributed by atoms with van der Waals surface area (Å²) >= 11 is 3.34. The van der Waals surface area contributed by atoms with Gasteiger partial charge in [0.05, 0.1) is 10.4 Å². The van der Waals surface area contributed by atoms with Crippen molar-refractivity contribution in [2.24, 2.45) is 0 Å². The molecule has 0 saturated carbocycles. The lowest BCUT2D eigenvalue weighted by Crippen LogP contribution is -2.48. The minimum absolute atomic E-state index is 0.559. The summed E-state index contributed by atoms with van der Waals surface area (Å²) in [6.45, 7) is 2.58. The molecule has 1 fully saturated rings. The van der Waals surface area contributed by atoms with E-state index in [2.05, 4.69) is 9.88 Å². The van der Waals surface area contributed by atoms with Gasteiger partial charge in [-0.2, -0.15) is 0 Å². The zero-order valence-corrected chi connectivity index (χ0v) is 10.6. The van der Waals surface area contributed by atoms with Crippen LogP contribution in [0.15, 0.2) is 10.4 Å². The molecule has 1 N–H and O–H groups in total. The Morgan fingerprint density at radius 3 is 2.69 bits per heavy atom. The van der Waals surface area contributed by atoms with Crippen LogP contribution in [0.2, 0.25) is 0 Å². The second-order valence-corrected chi connectivity index (χ2v) is 5.54. The van der Waals surface area contributed by atoms with Crippen LogP contribution in [0.1, 0.15) is 0 Å². The highest BCUT2D eigenvalue weighted by molar-refractivity contribution is 8.00. The second-order valence-electron chi connectivity index (χ2n) is 3.42. The normalized spacial score (nSPS) is 16.6. The number of amides is 1. The molecule has 1 saturated heterocycles. The standard InChI is InChI=1S/C9H13N3O2S2/c1-15-7-6-10-8(16-7)11-2-4-12(5-3-11)9(13)14/h6H,2-5H2,1H3,(H,13,14). The molecule has 0 aliphatic carbocycles. The summed E-state index contributed by atoms with van der Waals surface area (Å²) in [4.78, 5) is 18.7. The van der Waals surface area contributed by atoms with Gasteiger partial charge in [-0.3, -0.25) is 0 Å². The average Bonchev–Trinajstić information content (AvgIpc) is 2.77. The molecular formula is C9H13N3O2S2. The van der Waals surface area contributed by atoms with E-state index < -0.39 is 6.09 Å². The van der Waals surface area contributed by atoms with E-state index in [0.29, 0.717) is 13.1 Å². The van der Waals surface area contributed by atoms with Gasteiger partial charge >= 0.3 is 6.09 Å². The van der Waals surface area contributed by atoms with Crippen LogP contribution >= 0.6 is 23.1 Å². The smallest absolute Gasteiger partial charge is 0.407 e. The van der Waals surface area contributed by atoms with Crippen LogP contribution in [0.25, 0.3) is 0 Å². The van der Waals surface area contributed by atoms with Gasteiger partial charge in [-0.05, 0) is 6.26 Å². The molecule has 2 rings (SSSR count). The fraction of sp³-hybridized carbons (Fsp3) is 0.556. The lowest BCUT2D eigenvalue weighted by Gasteiger charge is -2.32. The first-order chi connectivity index (χ1) is 7.70.